The molecule has 3 N–H and O–H groups in total. The number of carbonyl (C=O) groups excluding carboxylic acids is 2. The van der Waals surface area contributed by atoms with E-state index < -0.39 is 0 Å². The Labute approximate surface area is 106 Å². The van der Waals surface area contributed by atoms with Gasteiger partial charge in [0, 0.05) is 24.8 Å². The molecule has 18 heavy (non-hydrogen) atoms. The number of carbonyl (C=O) groups is 2. The van der Waals surface area contributed by atoms with E-state index in [1.165, 1.54) is 13.3 Å². The number of aromatic nitrogens is 1. The number of rotatable bonds is 5. The van der Waals surface area contributed by atoms with Gasteiger partial charge >= 0.3 is 5.97 Å². The van der Waals surface area contributed by atoms with Gasteiger partial charge in [-0.1, -0.05) is 6.92 Å². The van der Waals surface area contributed by atoms with Crippen LogP contribution in [0.1, 0.15) is 23.0 Å². The summed E-state index contributed by atoms with van der Waals surface area (Å²) in [5.74, 6) is -0.995. The summed E-state index contributed by atoms with van der Waals surface area (Å²) in [7, 11) is 1.32. The average molecular weight is 251 g/mol. The Morgan fingerprint density at radius 2 is 2.28 bits per heavy atom. The van der Waals surface area contributed by atoms with Gasteiger partial charge in [-0.2, -0.15) is 0 Å². The number of esters is 1. The van der Waals surface area contributed by atoms with Crippen molar-refractivity contribution in [2.24, 2.45) is 11.7 Å². The SMILES string of the molecule is COC(=O)C(C)CNC(=O)c1ccnc(CN)c1. The first-order chi connectivity index (χ1) is 8.58. The molecule has 98 valence electrons. The standard InChI is InChI=1S/C12H17N3O3/c1-8(12(17)18-2)7-15-11(16)9-3-4-14-10(5-9)6-13/h3-5,8H,6-7,13H2,1-2H3,(H,15,16). The fourth-order valence-corrected chi connectivity index (χ4v) is 1.36. The van der Waals surface area contributed by atoms with Gasteiger partial charge in [0.2, 0.25) is 0 Å². The highest BCUT2D eigenvalue weighted by atomic mass is 16.5. The Hall–Kier alpha value is -1.95. The number of amides is 1. The van der Waals surface area contributed by atoms with Gasteiger partial charge in [0.25, 0.3) is 5.91 Å². The van der Waals surface area contributed by atoms with Crippen molar-refractivity contribution in [1.82, 2.24) is 10.3 Å². The minimum Gasteiger partial charge on any atom is -0.469 e. The van der Waals surface area contributed by atoms with E-state index in [0.29, 0.717) is 11.3 Å². The number of nitrogens with two attached hydrogens (primary N) is 1. The molecule has 1 unspecified atom stereocenters. The second-order valence-electron chi connectivity index (χ2n) is 3.87. The summed E-state index contributed by atoms with van der Waals surface area (Å²) in [5.41, 5.74) is 6.56. The number of hydrogen-bond donors (Lipinski definition) is 2. The maximum atomic E-state index is 11.8. The van der Waals surface area contributed by atoms with Crippen LogP contribution in [0.25, 0.3) is 0 Å². The zero-order chi connectivity index (χ0) is 13.5. The lowest BCUT2D eigenvalue weighted by Gasteiger charge is -2.10. The zero-order valence-corrected chi connectivity index (χ0v) is 10.5. The summed E-state index contributed by atoms with van der Waals surface area (Å²) in [6.07, 6.45) is 1.53. The maximum Gasteiger partial charge on any atom is 0.310 e. The van der Waals surface area contributed by atoms with Gasteiger partial charge in [-0.05, 0) is 12.1 Å². The van der Waals surface area contributed by atoms with E-state index in [4.69, 9.17) is 5.73 Å². The third kappa shape index (κ3) is 3.81. The van der Waals surface area contributed by atoms with Crippen LogP contribution in [0.5, 0.6) is 0 Å². The van der Waals surface area contributed by atoms with Gasteiger partial charge in [-0.25, -0.2) is 0 Å². The first-order valence-electron chi connectivity index (χ1n) is 5.59. The van der Waals surface area contributed by atoms with E-state index in [2.05, 4.69) is 15.0 Å². The Bertz CT molecular complexity index is 434. The molecule has 0 aliphatic heterocycles. The van der Waals surface area contributed by atoms with Crippen molar-refractivity contribution in [2.45, 2.75) is 13.5 Å². The first kappa shape index (κ1) is 14.1. The van der Waals surface area contributed by atoms with Crippen LogP contribution in [0.3, 0.4) is 0 Å². The maximum absolute atomic E-state index is 11.8. The number of nitrogens with one attached hydrogen (secondary N) is 1. The molecule has 0 spiro atoms. The van der Waals surface area contributed by atoms with E-state index in [1.54, 1.807) is 19.1 Å². The van der Waals surface area contributed by atoms with E-state index in [9.17, 15) is 9.59 Å². The zero-order valence-electron chi connectivity index (χ0n) is 10.5. The molecule has 1 atom stereocenters. The van der Waals surface area contributed by atoms with Crippen LogP contribution in [0.15, 0.2) is 18.3 Å². The van der Waals surface area contributed by atoms with E-state index in [0.717, 1.165) is 0 Å². The summed E-state index contributed by atoms with van der Waals surface area (Å²) in [6, 6.07) is 3.22. The van der Waals surface area contributed by atoms with Gasteiger partial charge in [-0.15, -0.1) is 0 Å². The Kier molecular flexibility index (Phi) is 5.26. The first-order valence-corrected chi connectivity index (χ1v) is 5.59. The smallest absolute Gasteiger partial charge is 0.310 e. The summed E-state index contributed by atoms with van der Waals surface area (Å²) < 4.78 is 4.57. The van der Waals surface area contributed by atoms with Crippen LogP contribution >= 0.6 is 0 Å². The molecular weight excluding hydrogens is 234 g/mol. The second kappa shape index (κ2) is 6.70. The third-order valence-electron chi connectivity index (χ3n) is 2.46. The molecule has 0 fully saturated rings. The number of methoxy groups -OCH3 is 1. The summed E-state index contributed by atoms with van der Waals surface area (Å²) in [4.78, 5) is 27.0. The van der Waals surface area contributed by atoms with Gasteiger partial charge < -0.3 is 15.8 Å². The third-order valence-corrected chi connectivity index (χ3v) is 2.46. The largest absolute Gasteiger partial charge is 0.469 e. The molecule has 1 rings (SSSR count). The van der Waals surface area contributed by atoms with Gasteiger partial charge in [0.1, 0.15) is 0 Å². The van der Waals surface area contributed by atoms with E-state index in [1.807, 2.05) is 0 Å². The summed E-state index contributed by atoms with van der Waals surface area (Å²) >= 11 is 0. The number of hydrogen-bond acceptors (Lipinski definition) is 5. The summed E-state index contributed by atoms with van der Waals surface area (Å²) in [5, 5.41) is 2.66. The Morgan fingerprint density at radius 1 is 1.56 bits per heavy atom. The molecule has 1 aromatic heterocycles. The van der Waals surface area contributed by atoms with Crippen LogP contribution in [0, 0.1) is 5.92 Å². The minimum atomic E-state index is -0.380. The topological polar surface area (TPSA) is 94.3 Å². The molecule has 6 heteroatoms. The highest BCUT2D eigenvalue weighted by Crippen LogP contribution is 2.02. The molecule has 0 saturated carbocycles. The van der Waals surface area contributed by atoms with Crippen LogP contribution in [-0.2, 0) is 16.1 Å². The van der Waals surface area contributed by atoms with Crippen molar-refractivity contribution in [3.05, 3.63) is 29.6 Å². The van der Waals surface area contributed by atoms with Crippen molar-refractivity contribution < 1.29 is 14.3 Å². The Morgan fingerprint density at radius 3 is 2.89 bits per heavy atom. The van der Waals surface area contributed by atoms with Gasteiger partial charge in [0.15, 0.2) is 0 Å². The van der Waals surface area contributed by atoms with E-state index in [-0.39, 0.29) is 30.9 Å². The second-order valence-corrected chi connectivity index (χ2v) is 3.87. The minimum absolute atomic E-state index is 0.228. The van der Waals surface area contributed by atoms with Crippen molar-refractivity contribution in [3.8, 4) is 0 Å². The molecule has 0 aliphatic carbocycles. The monoisotopic (exact) mass is 251 g/mol. The van der Waals surface area contributed by atoms with Gasteiger partial charge in [0.05, 0.1) is 18.7 Å². The van der Waals surface area contributed by atoms with Crippen LogP contribution in [0.4, 0.5) is 0 Å². The summed E-state index contributed by atoms with van der Waals surface area (Å²) in [6.45, 7) is 2.19. The lowest BCUT2D eigenvalue weighted by Crippen LogP contribution is -2.32. The van der Waals surface area contributed by atoms with Crippen LogP contribution in [-0.4, -0.2) is 30.5 Å². The molecule has 0 radical (unpaired) electrons. The van der Waals surface area contributed by atoms with Crippen molar-refractivity contribution >= 4 is 11.9 Å². The quantitative estimate of drug-likeness (QED) is 0.723. The molecule has 0 aliphatic rings. The number of pyridine rings is 1. The predicted molar refractivity (Wildman–Crippen MR) is 65.6 cm³/mol. The van der Waals surface area contributed by atoms with Crippen LogP contribution < -0.4 is 11.1 Å². The van der Waals surface area contributed by atoms with Crippen molar-refractivity contribution in [3.63, 3.8) is 0 Å². The number of ether oxygens (including phenoxy) is 1. The molecular formula is C12H17N3O3. The molecule has 0 saturated heterocycles. The highest BCUT2D eigenvalue weighted by Gasteiger charge is 2.14. The fourth-order valence-electron chi connectivity index (χ4n) is 1.36. The average Bonchev–Trinajstić information content (AvgIpc) is 2.43. The van der Waals surface area contributed by atoms with Crippen molar-refractivity contribution in [2.75, 3.05) is 13.7 Å². The molecule has 1 amide bonds. The highest BCUT2D eigenvalue weighted by molar-refractivity contribution is 5.94. The lowest BCUT2D eigenvalue weighted by molar-refractivity contribution is -0.144. The number of nitrogens with zero attached hydrogens (tertiary/aromatic N) is 1. The molecule has 6 nitrogen and oxygen atoms in total. The molecule has 1 aromatic rings. The lowest BCUT2D eigenvalue weighted by atomic mass is 10.1. The Balaban J connectivity index is 2.57. The van der Waals surface area contributed by atoms with Gasteiger partial charge in [-0.3, -0.25) is 14.6 Å². The predicted octanol–water partition coefficient (Wildman–Crippen LogP) is 0.0792. The molecule has 0 aromatic carbocycles. The van der Waals surface area contributed by atoms with Crippen molar-refractivity contribution in [1.29, 1.82) is 0 Å². The molecule has 1 heterocycles. The molecule has 0 bridgehead atoms. The van der Waals surface area contributed by atoms with E-state index >= 15 is 0 Å². The van der Waals surface area contributed by atoms with Crippen LogP contribution in [0.2, 0.25) is 0 Å². The normalized spacial score (nSPS) is 11.7. The fraction of sp³-hybridized carbons (Fsp3) is 0.417.